The van der Waals surface area contributed by atoms with Gasteiger partial charge < -0.3 is 4.48 Å². The molecule has 17 heavy (non-hydrogen) atoms. The number of nitrogens with zero attached hydrogens (tertiary/aromatic N) is 1. The van der Waals surface area contributed by atoms with E-state index < -0.39 is 0 Å². The van der Waals surface area contributed by atoms with Crippen molar-refractivity contribution in [1.82, 2.24) is 0 Å². The summed E-state index contributed by atoms with van der Waals surface area (Å²) in [6.07, 6.45) is 9.12. The summed E-state index contributed by atoms with van der Waals surface area (Å²) in [5.74, 6) is 0. The minimum atomic E-state index is 1.00. The van der Waals surface area contributed by atoms with Crippen LogP contribution in [0, 0.1) is 0 Å². The van der Waals surface area contributed by atoms with Crippen molar-refractivity contribution >= 4 is 23.2 Å². The lowest BCUT2D eigenvalue weighted by atomic mass is 10.2. The average molecular weight is 279 g/mol. The van der Waals surface area contributed by atoms with Crippen LogP contribution >= 0.6 is 23.2 Å². The first-order valence-corrected chi connectivity index (χ1v) is 7.47. The molecule has 0 unspecified atom stereocenters. The first-order chi connectivity index (χ1) is 8.24. The molecule has 3 heteroatoms. The lowest BCUT2D eigenvalue weighted by Gasteiger charge is -2.37. The van der Waals surface area contributed by atoms with Gasteiger partial charge in [-0.3, -0.25) is 0 Å². The van der Waals surface area contributed by atoms with Crippen molar-refractivity contribution in [3.05, 3.63) is 23.2 Å². The summed E-state index contributed by atoms with van der Waals surface area (Å²) >= 11 is 11.4. The van der Waals surface area contributed by atoms with Crippen molar-refractivity contribution in [3.8, 4) is 0 Å². The predicted molar refractivity (Wildman–Crippen MR) is 79.5 cm³/mol. The maximum absolute atomic E-state index is 5.68. The normalized spacial score (nSPS) is 12.9. The van der Waals surface area contributed by atoms with Crippen LogP contribution in [-0.4, -0.2) is 30.7 Å². The Kier molecular flexibility index (Phi) is 11.1. The maximum Gasteiger partial charge on any atom is 0.0987 e. The lowest BCUT2D eigenvalue weighted by molar-refractivity contribution is -0.917. The number of hydrogen-bond donors (Lipinski definition) is 0. The van der Waals surface area contributed by atoms with Crippen LogP contribution in [0.5, 0.6) is 0 Å². The average Bonchev–Trinajstić information content (AvgIpc) is 2.37. The third-order valence-electron chi connectivity index (χ3n) is 3.14. The molecule has 0 rings (SSSR count). The molecule has 0 aromatic rings. The fourth-order valence-electron chi connectivity index (χ4n) is 2.07. The SMILES string of the molecule is CCCC[N+](C/C=C/Cl)(C/C=C/Cl)CCCC. The van der Waals surface area contributed by atoms with E-state index in [1.165, 1.54) is 38.8 Å². The number of quaternary nitrogens is 1. The lowest BCUT2D eigenvalue weighted by Crippen LogP contribution is -2.49. The van der Waals surface area contributed by atoms with Crippen LogP contribution in [-0.2, 0) is 0 Å². The Labute approximate surface area is 117 Å². The van der Waals surface area contributed by atoms with Crippen molar-refractivity contribution in [1.29, 1.82) is 0 Å². The molecule has 0 spiro atoms. The van der Waals surface area contributed by atoms with Gasteiger partial charge >= 0.3 is 0 Å². The van der Waals surface area contributed by atoms with Gasteiger partial charge in [-0.2, -0.15) is 0 Å². The van der Waals surface area contributed by atoms with Crippen LogP contribution in [0.25, 0.3) is 0 Å². The van der Waals surface area contributed by atoms with E-state index in [4.69, 9.17) is 23.2 Å². The molecule has 0 aliphatic heterocycles. The first kappa shape index (κ1) is 17.0. The molecule has 0 bridgehead atoms. The zero-order chi connectivity index (χ0) is 13.0. The summed E-state index contributed by atoms with van der Waals surface area (Å²) in [5, 5.41) is 0. The minimum Gasteiger partial charge on any atom is -0.317 e. The number of hydrogen-bond acceptors (Lipinski definition) is 0. The first-order valence-electron chi connectivity index (χ1n) is 6.60. The largest absolute Gasteiger partial charge is 0.317 e. The molecule has 0 N–H and O–H groups in total. The summed E-state index contributed by atoms with van der Waals surface area (Å²) in [4.78, 5) is 0. The second-order valence-electron chi connectivity index (χ2n) is 4.58. The van der Waals surface area contributed by atoms with E-state index in [1.807, 2.05) is 0 Å². The molecule has 0 atom stereocenters. The standard InChI is InChI=1S/C14H26Cl2N/c1-3-5-11-17(12-6-4-2,13-7-9-15)14-8-10-16/h7-10H,3-6,11-14H2,1-2H3/q+1/b9-7+,10-8+. The topological polar surface area (TPSA) is 0 Å². The van der Waals surface area contributed by atoms with Crippen molar-refractivity contribution in [2.24, 2.45) is 0 Å². The van der Waals surface area contributed by atoms with Crippen LogP contribution in [0.2, 0.25) is 0 Å². The monoisotopic (exact) mass is 278 g/mol. The highest BCUT2D eigenvalue weighted by Crippen LogP contribution is 2.13. The van der Waals surface area contributed by atoms with Gasteiger partial charge in [0.15, 0.2) is 0 Å². The van der Waals surface area contributed by atoms with Crippen molar-refractivity contribution in [2.45, 2.75) is 39.5 Å². The van der Waals surface area contributed by atoms with E-state index in [9.17, 15) is 0 Å². The van der Waals surface area contributed by atoms with Crippen molar-refractivity contribution in [2.75, 3.05) is 26.2 Å². The molecular weight excluding hydrogens is 253 g/mol. The Hall–Kier alpha value is 0.0200. The van der Waals surface area contributed by atoms with Crippen molar-refractivity contribution < 1.29 is 4.48 Å². The Balaban J connectivity index is 4.62. The third kappa shape index (κ3) is 7.86. The van der Waals surface area contributed by atoms with E-state index in [1.54, 1.807) is 11.1 Å². The van der Waals surface area contributed by atoms with E-state index in [0.29, 0.717) is 0 Å². The Morgan fingerprint density at radius 1 is 0.824 bits per heavy atom. The number of unbranched alkanes of at least 4 members (excludes halogenated alkanes) is 2. The molecular formula is C14H26Cl2N+. The fourth-order valence-corrected chi connectivity index (χ4v) is 2.22. The van der Waals surface area contributed by atoms with Crippen LogP contribution in [0.3, 0.4) is 0 Å². The highest BCUT2D eigenvalue weighted by atomic mass is 35.5. The number of rotatable bonds is 10. The molecule has 0 radical (unpaired) electrons. The van der Waals surface area contributed by atoms with E-state index >= 15 is 0 Å². The highest BCUT2D eigenvalue weighted by Gasteiger charge is 2.23. The smallest absolute Gasteiger partial charge is 0.0987 e. The van der Waals surface area contributed by atoms with Gasteiger partial charge in [0.2, 0.25) is 0 Å². The van der Waals surface area contributed by atoms with E-state index in [0.717, 1.165) is 17.6 Å². The molecule has 0 fully saturated rings. The van der Waals surface area contributed by atoms with Crippen LogP contribution < -0.4 is 0 Å². The fraction of sp³-hybridized carbons (Fsp3) is 0.714. The summed E-state index contributed by atoms with van der Waals surface area (Å²) in [5.41, 5.74) is 3.27. The zero-order valence-corrected chi connectivity index (χ0v) is 12.7. The molecule has 0 amide bonds. The Morgan fingerprint density at radius 3 is 1.53 bits per heavy atom. The van der Waals surface area contributed by atoms with Gasteiger partial charge in [-0.15, -0.1) is 0 Å². The Bertz CT molecular complexity index is 200. The summed E-state index contributed by atoms with van der Waals surface area (Å²) in [6, 6.07) is 0. The molecule has 0 aromatic heterocycles. The summed E-state index contributed by atoms with van der Waals surface area (Å²) in [7, 11) is 0. The third-order valence-corrected chi connectivity index (χ3v) is 3.49. The van der Waals surface area contributed by atoms with E-state index in [2.05, 4.69) is 26.0 Å². The molecule has 0 aromatic carbocycles. The van der Waals surface area contributed by atoms with Crippen molar-refractivity contribution in [3.63, 3.8) is 0 Å². The predicted octanol–water partition coefficient (Wildman–Crippen LogP) is 4.91. The second-order valence-corrected chi connectivity index (χ2v) is 5.09. The quantitative estimate of drug-likeness (QED) is 0.498. The molecule has 100 valence electrons. The van der Waals surface area contributed by atoms with Gasteiger partial charge in [0.05, 0.1) is 26.2 Å². The van der Waals surface area contributed by atoms with Gasteiger partial charge in [0.1, 0.15) is 0 Å². The van der Waals surface area contributed by atoms with Gasteiger partial charge in [-0.05, 0) is 25.0 Å². The molecule has 0 aliphatic carbocycles. The second kappa shape index (κ2) is 11.1. The molecule has 0 aliphatic rings. The van der Waals surface area contributed by atoms with Gasteiger partial charge in [0, 0.05) is 11.1 Å². The van der Waals surface area contributed by atoms with Crippen LogP contribution in [0.15, 0.2) is 23.2 Å². The maximum atomic E-state index is 5.68. The molecule has 0 saturated carbocycles. The minimum absolute atomic E-state index is 1.00. The van der Waals surface area contributed by atoms with Crippen LogP contribution in [0.1, 0.15) is 39.5 Å². The van der Waals surface area contributed by atoms with Gasteiger partial charge in [0.25, 0.3) is 0 Å². The molecule has 1 nitrogen and oxygen atoms in total. The van der Waals surface area contributed by atoms with Gasteiger partial charge in [-0.1, -0.05) is 49.9 Å². The zero-order valence-electron chi connectivity index (χ0n) is 11.2. The number of halogens is 2. The van der Waals surface area contributed by atoms with Crippen LogP contribution in [0.4, 0.5) is 0 Å². The van der Waals surface area contributed by atoms with Gasteiger partial charge in [-0.25, -0.2) is 0 Å². The Morgan fingerprint density at radius 2 is 1.24 bits per heavy atom. The molecule has 0 heterocycles. The summed E-state index contributed by atoms with van der Waals surface area (Å²) < 4.78 is 1.08. The highest BCUT2D eigenvalue weighted by molar-refractivity contribution is 6.25. The molecule has 0 saturated heterocycles. The summed E-state index contributed by atoms with van der Waals surface area (Å²) in [6.45, 7) is 8.90. The van der Waals surface area contributed by atoms with E-state index in [-0.39, 0.29) is 0 Å².